The summed E-state index contributed by atoms with van der Waals surface area (Å²) in [4.78, 5) is 37.2. The van der Waals surface area contributed by atoms with Crippen LogP contribution < -0.4 is 10.6 Å². The van der Waals surface area contributed by atoms with Crippen LogP contribution in [-0.4, -0.2) is 24.4 Å². The van der Waals surface area contributed by atoms with Crippen molar-refractivity contribution in [1.29, 1.82) is 0 Å². The average molecular weight is 380 g/mol. The molecule has 6 nitrogen and oxygen atoms in total. The smallest absolute Gasteiger partial charge is 0.338 e. The predicted octanol–water partition coefficient (Wildman–Crippen LogP) is 3.84. The lowest BCUT2D eigenvalue weighted by atomic mass is 10.0. The zero-order valence-corrected chi connectivity index (χ0v) is 16.3. The Morgan fingerprint density at radius 1 is 0.964 bits per heavy atom. The maximum Gasteiger partial charge on any atom is 0.338 e. The predicted molar refractivity (Wildman–Crippen MR) is 107 cm³/mol. The molecule has 3 rings (SSSR count). The molecule has 6 heteroatoms. The van der Waals surface area contributed by atoms with Gasteiger partial charge in [0.05, 0.1) is 12.2 Å². The maximum atomic E-state index is 12.7. The van der Waals surface area contributed by atoms with Crippen LogP contribution in [0.25, 0.3) is 0 Å². The molecule has 2 N–H and O–H groups in total. The number of carbonyl (C=O) groups excluding carboxylic acids is 3. The number of hydrogen-bond donors (Lipinski definition) is 2. The molecule has 0 radical (unpaired) electrons. The Hall–Kier alpha value is -3.15. The summed E-state index contributed by atoms with van der Waals surface area (Å²) in [5.41, 5.74) is 2.68. The number of anilines is 2. The number of ether oxygens (including phenoxy) is 1. The Balaban J connectivity index is 1.66. The Bertz CT molecular complexity index is 915. The van der Waals surface area contributed by atoms with Gasteiger partial charge in [0.15, 0.2) is 0 Å². The summed E-state index contributed by atoms with van der Waals surface area (Å²) in [6.07, 6.45) is 1.02. The number of nitrogens with one attached hydrogen (secondary N) is 2. The van der Waals surface area contributed by atoms with E-state index in [0.29, 0.717) is 36.4 Å². The maximum absolute atomic E-state index is 12.7. The fourth-order valence-corrected chi connectivity index (χ4v) is 3.03. The van der Waals surface area contributed by atoms with Crippen molar-refractivity contribution in [2.75, 3.05) is 17.2 Å². The minimum absolute atomic E-state index is 0.292. The Kier molecular flexibility index (Phi) is 5.49. The SMILES string of the molecule is CCOC(=O)c1ccc(NC(=O)C2(C(=O)Nc3ccc(C)cc3C)CC2)cc1. The van der Waals surface area contributed by atoms with Gasteiger partial charge in [-0.1, -0.05) is 17.7 Å². The number of rotatable bonds is 6. The van der Waals surface area contributed by atoms with Crippen molar-refractivity contribution in [3.8, 4) is 0 Å². The van der Waals surface area contributed by atoms with Crippen LogP contribution in [0.4, 0.5) is 11.4 Å². The summed E-state index contributed by atoms with van der Waals surface area (Å²) < 4.78 is 4.94. The minimum Gasteiger partial charge on any atom is -0.462 e. The van der Waals surface area contributed by atoms with Gasteiger partial charge in [0.25, 0.3) is 0 Å². The van der Waals surface area contributed by atoms with Gasteiger partial charge in [-0.15, -0.1) is 0 Å². The molecule has 0 aromatic heterocycles. The number of amides is 2. The van der Waals surface area contributed by atoms with Crippen molar-refractivity contribution in [3.05, 3.63) is 59.2 Å². The van der Waals surface area contributed by atoms with E-state index >= 15 is 0 Å². The van der Waals surface area contributed by atoms with Crippen molar-refractivity contribution in [3.63, 3.8) is 0 Å². The highest BCUT2D eigenvalue weighted by Crippen LogP contribution is 2.47. The lowest BCUT2D eigenvalue weighted by Crippen LogP contribution is -2.35. The van der Waals surface area contributed by atoms with Gasteiger partial charge < -0.3 is 15.4 Å². The topological polar surface area (TPSA) is 84.5 Å². The second-order valence-electron chi connectivity index (χ2n) is 7.11. The Morgan fingerprint density at radius 2 is 1.61 bits per heavy atom. The summed E-state index contributed by atoms with van der Waals surface area (Å²) in [6, 6.07) is 12.2. The van der Waals surface area contributed by atoms with E-state index < -0.39 is 11.4 Å². The summed E-state index contributed by atoms with van der Waals surface area (Å²) >= 11 is 0. The van der Waals surface area contributed by atoms with Crippen molar-refractivity contribution in [2.45, 2.75) is 33.6 Å². The van der Waals surface area contributed by atoms with Crippen LogP contribution in [-0.2, 0) is 14.3 Å². The van der Waals surface area contributed by atoms with Crippen molar-refractivity contribution in [2.24, 2.45) is 5.41 Å². The van der Waals surface area contributed by atoms with Crippen molar-refractivity contribution >= 4 is 29.2 Å². The van der Waals surface area contributed by atoms with E-state index in [2.05, 4.69) is 10.6 Å². The van der Waals surface area contributed by atoms with Crippen LogP contribution in [0.2, 0.25) is 0 Å². The standard InChI is InChI=1S/C22H24N2O4/c1-4-28-19(25)16-6-8-17(9-7-16)23-20(26)22(11-12-22)21(27)24-18-10-5-14(2)13-15(18)3/h5-10,13H,4,11-12H2,1-3H3,(H,23,26)(H,24,27). The molecule has 1 aliphatic rings. The van der Waals surface area contributed by atoms with Gasteiger partial charge in [-0.2, -0.15) is 0 Å². The molecule has 0 saturated heterocycles. The first kappa shape index (κ1) is 19.6. The van der Waals surface area contributed by atoms with E-state index in [9.17, 15) is 14.4 Å². The van der Waals surface area contributed by atoms with Gasteiger partial charge in [0, 0.05) is 11.4 Å². The molecule has 1 saturated carbocycles. The third-order valence-corrected chi connectivity index (χ3v) is 4.90. The lowest BCUT2D eigenvalue weighted by molar-refractivity contribution is -0.131. The van der Waals surface area contributed by atoms with E-state index in [1.165, 1.54) is 0 Å². The van der Waals surface area contributed by atoms with Crippen LogP contribution in [0.5, 0.6) is 0 Å². The van der Waals surface area contributed by atoms with Gasteiger partial charge in [0.2, 0.25) is 11.8 Å². The highest BCUT2D eigenvalue weighted by Gasteiger charge is 2.56. The Morgan fingerprint density at radius 3 is 2.18 bits per heavy atom. The molecule has 0 spiro atoms. The van der Waals surface area contributed by atoms with E-state index in [1.807, 2.05) is 32.0 Å². The average Bonchev–Trinajstić information content (AvgIpc) is 3.47. The fraction of sp³-hybridized carbons (Fsp3) is 0.318. The minimum atomic E-state index is -1.04. The van der Waals surface area contributed by atoms with Gasteiger partial charge in [0.1, 0.15) is 5.41 Å². The second-order valence-corrected chi connectivity index (χ2v) is 7.11. The molecule has 28 heavy (non-hydrogen) atoms. The third kappa shape index (κ3) is 4.06. The molecule has 2 aromatic carbocycles. The van der Waals surface area contributed by atoms with Crippen LogP contribution in [0.15, 0.2) is 42.5 Å². The first-order valence-electron chi connectivity index (χ1n) is 9.33. The molecule has 1 fully saturated rings. The molecule has 2 aromatic rings. The van der Waals surface area contributed by atoms with Crippen molar-refractivity contribution in [1.82, 2.24) is 0 Å². The van der Waals surface area contributed by atoms with Gasteiger partial charge in [-0.3, -0.25) is 9.59 Å². The Labute approximate surface area is 164 Å². The number of benzene rings is 2. The zero-order valence-electron chi connectivity index (χ0n) is 16.3. The van der Waals surface area contributed by atoms with Gasteiger partial charge in [-0.05, 0) is 69.5 Å². The summed E-state index contributed by atoms with van der Waals surface area (Å²) in [7, 11) is 0. The van der Waals surface area contributed by atoms with Crippen LogP contribution >= 0.6 is 0 Å². The molecule has 146 valence electrons. The summed E-state index contributed by atoms with van der Waals surface area (Å²) in [5, 5.41) is 5.67. The van der Waals surface area contributed by atoms with Gasteiger partial charge in [-0.25, -0.2) is 4.79 Å². The third-order valence-electron chi connectivity index (χ3n) is 4.90. The molecule has 2 amide bonds. The van der Waals surface area contributed by atoms with E-state index in [0.717, 1.165) is 11.1 Å². The van der Waals surface area contributed by atoms with E-state index in [4.69, 9.17) is 4.74 Å². The largest absolute Gasteiger partial charge is 0.462 e. The highest BCUT2D eigenvalue weighted by atomic mass is 16.5. The first-order valence-corrected chi connectivity index (χ1v) is 9.33. The highest BCUT2D eigenvalue weighted by molar-refractivity contribution is 6.17. The quantitative estimate of drug-likeness (QED) is 0.589. The van der Waals surface area contributed by atoms with E-state index in [-0.39, 0.29) is 11.8 Å². The van der Waals surface area contributed by atoms with Gasteiger partial charge >= 0.3 is 5.97 Å². The number of carbonyl (C=O) groups is 3. The van der Waals surface area contributed by atoms with Crippen LogP contribution in [0.1, 0.15) is 41.3 Å². The summed E-state index contributed by atoms with van der Waals surface area (Å²) in [5.74, 6) is -1.04. The zero-order chi connectivity index (χ0) is 20.3. The molecular formula is C22H24N2O4. The fourth-order valence-electron chi connectivity index (χ4n) is 3.03. The van der Waals surface area contributed by atoms with Crippen molar-refractivity contribution < 1.29 is 19.1 Å². The molecule has 0 atom stereocenters. The molecule has 1 aliphatic carbocycles. The van der Waals surface area contributed by atoms with Crippen LogP contribution in [0, 0.1) is 19.3 Å². The molecular weight excluding hydrogens is 356 g/mol. The molecule has 0 unspecified atom stereocenters. The lowest BCUT2D eigenvalue weighted by Gasteiger charge is -2.17. The monoisotopic (exact) mass is 380 g/mol. The number of esters is 1. The van der Waals surface area contributed by atoms with Crippen LogP contribution in [0.3, 0.4) is 0 Å². The van der Waals surface area contributed by atoms with E-state index in [1.54, 1.807) is 31.2 Å². The number of aryl methyl sites for hydroxylation is 2. The second kappa shape index (κ2) is 7.84. The molecule has 0 heterocycles. The normalized spacial score (nSPS) is 14.1. The summed E-state index contributed by atoms with van der Waals surface area (Å²) in [6.45, 7) is 5.95. The molecule has 0 bridgehead atoms. The number of hydrogen-bond acceptors (Lipinski definition) is 4. The molecule has 0 aliphatic heterocycles. The first-order chi connectivity index (χ1) is 13.4.